The van der Waals surface area contributed by atoms with Crippen LogP contribution in [0.1, 0.15) is 40.3 Å². The minimum Gasteiger partial charge on any atom is -0.475 e. The molecule has 0 fully saturated rings. The van der Waals surface area contributed by atoms with Crippen molar-refractivity contribution in [1.82, 2.24) is 9.88 Å². The van der Waals surface area contributed by atoms with E-state index in [4.69, 9.17) is 9.15 Å². The van der Waals surface area contributed by atoms with Crippen LogP contribution in [-0.4, -0.2) is 27.1 Å². The minimum absolute atomic E-state index is 0.0174. The summed E-state index contributed by atoms with van der Waals surface area (Å²) in [6.07, 6.45) is 2.36. The zero-order valence-electron chi connectivity index (χ0n) is 15.3. The number of pyridine rings is 1. The van der Waals surface area contributed by atoms with Gasteiger partial charge < -0.3 is 14.3 Å². The van der Waals surface area contributed by atoms with Gasteiger partial charge in [0.1, 0.15) is 6.61 Å². The molecule has 0 saturated heterocycles. The third kappa shape index (κ3) is 4.56. The second-order valence-corrected chi connectivity index (χ2v) is 6.18. The van der Waals surface area contributed by atoms with E-state index < -0.39 is 18.1 Å². The first kappa shape index (κ1) is 19.2. The van der Waals surface area contributed by atoms with Crippen LogP contribution in [0.15, 0.2) is 71.5 Å². The molecule has 7 heteroatoms. The Balaban J connectivity index is 1.82. The number of carbonyl (C=O) groups is 2. The molecule has 1 aromatic carbocycles. The Morgan fingerprint density at radius 3 is 2.57 bits per heavy atom. The fourth-order valence-corrected chi connectivity index (χ4v) is 2.78. The van der Waals surface area contributed by atoms with Crippen molar-refractivity contribution in [3.63, 3.8) is 0 Å². The molecule has 0 aliphatic heterocycles. The van der Waals surface area contributed by atoms with Crippen LogP contribution in [0.2, 0.25) is 0 Å². The lowest BCUT2D eigenvalue weighted by atomic mass is 10.1. The molecule has 3 rings (SSSR count). The normalized spacial score (nSPS) is 11.6. The summed E-state index contributed by atoms with van der Waals surface area (Å²) < 4.78 is 10.5. The first-order valence-corrected chi connectivity index (χ1v) is 8.74. The molecule has 144 valence electrons. The second kappa shape index (κ2) is 8.85. The Bertz CT molecular complexity index is 924. The molecule has 1 N–H and O–H groups in total. The molecule has 0 aliphatic rings. The van der Waals surface area contributed by atoms with Crippen molar-refractivity contribution < 1.29 is 23.8 Å². The van der Waals surface area contributed by atoms with Crippen molar-refractivity contribution in [3.8, 4) is 0 Å². The molecular formula is C21H20N2O5. The number of hydrogen-bond acceptors (Lipinski definition) is 5. The number of rotatable bonds is 7. The van der Waals surface area contributed by atoms with Gasteiger partial charge in [-0.2, -0.15) is 0 Å². The molecule has 28 heavy (non-hydrogen) atoms. The van der Waals surface area contributed by atoms with Crippen molar-refractivity contribution >= 4 is 12.1 Å². The van der Waals surface area contributed by atoms with E-state index in [2.05, 4.69) is 4.98 Å². The van der Waals surface area contributed by atoms with Gasteiger partial charge in [0, 0.05) is 11.8 Å². The van der Waals surface area contributed by atoms with E-state index in [1.807, 2.05) is 43.3 Å². The number of nitrogens with zero attached hydrogens (tertiary/aromatic N) is 2. The maximum Gasteiger partial charge on any atom is 0.410 e. The molecule has 7 nitrogen and oxygen atoms in total. The van der Waals surface area contributed by atoms with E-state index in [-0.39, 0.29) is 18.9 Å². The van der Waals surface area contributed by atoms with E-state index in [1.54, 1.807) is 18.3 Å². The number of amides is 1. The largest absolute Gasteiger partial charge is 0.475 e. The molecule has 0 bridgehead atoms. The quantitative estimate of drug-likeness (QED) is 0.658. The lowest BCUT2D eigenvalue weighted by Crippen LogP contribution is -2.34. The molecule has 1 unspecified atom stereocenters. The highest BCUT2D eigenvalue weighted by Gasteiger charge is 2.27. The Kier molecular flexibility index (Phi) is 6.06. The highest BCUT2D eigenvalue weighted by Crippen LogP contribution is 2.24. The third-order valence-electron chi connectivity index (χ3n) is 4.30. The summed E-state index contributed by atoms with van der Waals surface area (Å²) in [5, 5.41) is 9.27. The topological polar surface area (TPSA) is 92.9 Å². The standard InChI is InChI=1S/C21H20N2O5/c1-15(18-9-5-6-11-22-18)23(13-17-10-12-27-19(17)20(24)25)21(26)28-14-16-7-3-2-4-8-16/h2-12,15H,13-14H2,1H3,(H,24,25). The Morgan fingerprint density at radius 1 is 1.14 bits per heavy atom. The van der Waals surface area contributed by atoms with Crippen LogP contribution >= 0.6 is 0 Å². The van der Waals surface area contributed by atoms with Gasteiger partial charge in [0.2, 0.25) is 5.76 Å². The van der Waals surface area contributed by atoms with E-state index in [1.165, 1.54) is 17.2 Å². The van der Waals surface area contributed by atoms with Crippen molar-refractivity contribution in [2.45, 2.75) is 26.1 Å². The molecule has 2 aromatic heterocycles. The number of carboxylic acids is 1. The molecule has 3 aromatic rings. The van der Waals surface area contributed by atoms with Crippen molar-refractivity contribution in [2.75, 3.05) is 0 Å². The van der Waals surface area contributed by atoms with E-state index in [0.29, 0.717) is 11.3 Å². The number of aromatic nitrogens is 1. The molecule has 1 atom stereocenters. The van der Waals surface area contributed by atoms with Gasteiger partial charge in [-0.05, 0) is 30.7 Å². The summed E-state index contributed by atoms with van der Waals surface area (Å²) in [5.41, 5.74) is 1.90. The lowest BCUT2D eigenvalue weighted by molar-refractivity contribution is 0.0647. The number of ether oxygens (including phenoxy) is 1. The minimum atomic E-state index is -1.19. The smallest absolute Gasteiger partial charge is 0.410 e. The van der Waals surface area contributed by atoms with Gasteiger partial charge >= 0.3 is 12.1 Å². The molecule has 0 aliphatic carbocycles. The maximum absolute atomic E-state index is 12.8. The van der Waals surface area contributed by atoms with Crippen LogP contribution < -0.4 is 0 Å². The Labute approximate surface area is 162 Å². The van der Waals surface area contributed by atoms with Crippen molar-refractivity contribution in [2.24, 2.45) is 0 Å². The molecule has 2 heterocycles. The molecular weight excluding hydrogens is 360 g/mol. The third-order valence-corrected chi connectivity index (χ3v) is 4.30. The monoisotopic (exact) mass is 380 g/mol. The molecule has 1 amide bonds. The number of benzene rings is 1. The summed E-state index contributed by atoms with van der Waals surface area (Å²) in [5.74, 6) is -1.39. The predicted molar refractivity (Wildman–Crippen MR) is 100 cm³/mol. The molecule has 0 radical (unpaired) electrons. The fourth-order valence-electron chi connectivity index (χ4n) is 2.78. The second-order valence-electron chi connectivity index (χ2n) is 6.18. The average Bonchev–Trinajstić information content (AvgIpc) is 3.20. The number of carboxylic acid groups (broad SMARTS) is 1. The van der Waals surface area contributed by atoms with Crippen LogP contribution in [0, 0.1) is 0 Å². The summed E-state index contributed by atoms with van der Waals surface area (Å²) >= 11 is 0. The summed E-state index contributed by atoms with van der Waals surface area (Å²) in [6, 6.07) is 15.8. The molecule has 0 saturated carbocycles. The fraction of sp³-hybridized carbons (Fsp3) is 0.190. The van der Waals surface area contributed by atoms with Crippen LogP contribution in [0.3, 0.4) is 0 Å². The van der Waals surface area contributed by atoms with Crippen LogP contribution in [0.25, 0.3) is 0 Å². The van der Waals surface area contributed by atoms with Gasteiger partial charge in [-0.3, -0.25) is 9.88 Å². The molecule has 0 spiro atoms. The predicted octanol–water partition coefficient (Wildman–Crippen LogP) is 4.27. The summed E-state index contributed by atoms with van der Waals surface area (Å²) in [4.78, 5) is 29.9. The number of aromatic carboxylic acids is 1. The number of hydrogen-bond donors (Lipinski definition) is 1. The van der Waals surface area contributed by atoms with E-state index in [9.17, 15) is 14.7 Å². The highest BCUT2D eigenvalue weighted by atomic mass is 16.6. The number of carbonyl (C=O) groups excluding carboxylic acids is 1. The van der Waals surface area contributed by atoms with Gasteiger partial charge in [-0.15, -0.1) is 0 Å². The highest BCUT2D eigenvalue weighted by molar-refractivity contribution is 5.86. The van der Waals surface area contributed by atoms with Crippen LogP contribution in [0.4, 0.5) is 4.79 Å². The maximum atomic E-state index is 12.8. The summed E-state index contributed by atoms with van der Waals surface area (Å²) in [7, 11) is 0. The van der Waals surface area contributed by atoms with E-state index in [0.717, 1.165) is 5.56 Å². The first-order valence-electron chi connectivity index (χ1n) is 8.74. The van der Waals surface area contributed by atoms with Crippen LogP contribution in [-0.2, 0) is 17.9 Å². The first-order chi connectivity index (χ1) is 13.6. The lowest BCUT2D eigenvalue weighted by Gasteiger charge is -2.28. The van der Waals surface area contributed by atoms with Crippen molar-refractivity contribution in [1.29, 1.82) is 0 Å². The summed E-state index contributed by atoms with van der Waals surface area (Å²) in [6.45, 7) is 1.94. The van der Waals surface area contributed by atoms with Crippen LogP contribution in [0.5, 0.6) is 0 Å². The zero-order valence-corrected chi connectivity index (χ0v) is 15.3. The van der Waals surface area contributed by atoms with Gasteiger partial charge in [0.15, 0.2) is 0 Å². The van der Waals surface area contributed by atoms with Gasteiger partial charge in [0.25, 0.3) is 0 Å². The zero-order chi connectivity index (χ0) is 19.9. The Morgan fingerprint density at radius 2 is 1.89 bits per heavy atom. The Hall–Kier alpha value is -3.61. The van der Waals surface area contributed by atoms with Gasteiger partial charge in [-0.1, -0.05) is 36.4 Å². The SMILES string of the molecule is CC(c1ccccn1)N(Cc1ccoc1C(=O)O)C(=O)OCc1ccccc1. The van der Waals surface area contributed by atoms with Gasteiger partial charge in [-0.25, -0.2) is 9.59 Å². The van der Waals surface area contributed by atoms with Crippen molar-refractivity contribution in [3.05, 3.63) is 89.6 Å². The average molecular weight is 380 g/mol. The van der Waals surface area contributed by atoms with E-state index >= 15 is 0 Å². The number of furan rings is 1. The van der Waals surface area contributed by atoms with Gasteiger partial charge in [0.05, 0.1) is 24.5 Å².